The van der Waals surface area contributed by atoms with Crippen LogP contribution in [-0.2, 0) is 11.3 Å². The second-order valence-electron chi connectivity index (χ2n) is 3.30. The van der Waals surface area contributed by atoms with Crippen LogP contribution in [0.4, 0.5) is 5.95 Å². The number of nitrogens with zero attached hydrogens (tertiary/aromatic N) is 2. The van der Waals surface area contributed by atoms with Gasteiger partial charge in [-0.15, -0.1) is 0 Å². The van der Waals surface area contributed by atoms with E-state index in [-0.39, 0.29) is 0 Å². The molecule has 0 aliphatic heterocycles. The van der Waals surface area contributed by atoms with Gasteiger partial charge in [-0.25, -0.2) is 4.98 Å². The van der Waals surface area contributed by atoms with Gasteiger partial charge in [0.15, 0.2) is 5.95 Å². The van der Waals surface area contributed by atoms with Gasteiger partial charge in [-0.1, -0.05) is 13.3 Å². The molecular formula is C10H19N3O. The van der Waals surface area contributed by atoms with Crippen LogP contribution in [0.25, 0.3) is 0 Å². The fraction of sp³-hybridized carbons (Fsp3) is 0.700. The van der Waals surface area contributed by atoms with Gasteiger partial charge >= 0.3 is 0 Å². The molecule has 4 heteroatoms. The summed E-state index contributed by atoms with van der Waals surface area (Å²) >= 11 is 0. The Hall–Kier alpha value is -1.03. The molecule has 0 atom stereocenters. The molecule has 1 aromatic rings. The highest BCUT2D eigenvalue weighted by Crippen LogP contribution is 2.00. The SMILES string of the molecule is CCCCOCCCn1ccnc1N. The monoisotopic (exact) mass is 197 g/mol. The van der Waals surface area contributed by atoms with Gasteiger partial charge in [0.2, 0.25) is 0 Å². The van der Waals surface area contributed by atoms with Gasteiger partial charge in [-0.3, -0.25) is 0 Å². The number of nitrogen functional groups attached to an aromatic ring is 1. The standard InChI is InChI=1S/C10H19N3O/c1-2-3-8-14-9-4-6-13-7-5-12-10(13)11/h5,7H,2-4,6,8-9H2,1H3,(H2,11,12). The van der Waals surface area contributed by atoms with E-state index in [9.17, 15) is 0 Å². The van der Waals surface area contributed by atoms with E-state index in [2.05, 4.69) is 11.9 Å². The van der Waals surface area contributed by atoms with Crippen molar-refractivity contribution < 1.29 is 4.74 Å². The number of ether oxygens (including phenoxy) is 1. The van der Waals surface area contributed by atoms with Crippen LogP contribution in [0.2, 0.25) is 0 Å². The lowest BCUT2D eigenvalue weighted by atomic mass is 10.4. The Labute approximate surface area is 85.1 Å². The molecule has 0 radical (unpaired) electrons. The maximum atomic E-state index is 5.61. The van der Waals surface area contributed by atoms with Crippen LogP contribution in [-0.4, -0.2) is 22.8 Å². The Morgan fingerprint density at radius 3 is 2.86 bits per heavy atom. The van der Waals surface area contributed by atoms with Crippen molar-refractivity contribution in [1.82, 2.24) is 9.55 Å². The smallest absolute Gasteiger partial charge is 0.200 e. The Morgan fingerprint density at radius 2 is 2.21 bits per heavy atom. The van der Waals surface area contributed by atoms with Crippen LogP contribution in [0.1, 0.15) is 26.2 Å². The zero-order valence-electron chi connectivity index (χ0n) is 8.78. The first-order valence-electron chi connectivity index (χ1n) is 5.19. The van der Waals surface area contributed by atoms with E-state index >= 15 is 0 Å². The minimum absolute atomic E-state index is 0.582. The summed E-state index contributed by atoms with van der Waals surface area (Å²) < 4.78 is 7.37. The van der Waals surface area contributed by atoms with E-state index in [0.29, 0.717) is 5.95 Å². The maximum absolute atomic E-state index is 5.61. The molecule has 0 aromatic carbocycles. The van der Waals surface area contributed by atoms with Crippen LogP contribution in [0.3, 0.4) is 0 Å². The quantitative estimate of drug-likeness (QED) is 0.676. The fourth-order valence-corrected chi connectivity index (χ4v) is 1.22. The molecular weight excluding hydrogens is 178 g/mol. The summed E-state index contributed by atoms with van der Waals surface area (Å²) in [5.41, 5.74) is 5.61. The number of unbranched alkanes of at least 4 members (excludes halogenated alkanes) is 1. The van der Waals surface area contributed by atoms with E-state index in [4.69, 9.17) is 10.5 Å². The van der Waals surface area contributed by atoms with Gasteiger partial charge in [0.25, 0.3) is 0 Å². The van der Waals surface area contributed by atoms with Crippen molar-refractivity contribution in [3.05, 3.63) is 12.4 Å². The number of rotatable bonds is 7. The van der Waals surface area contributed by atoms with Crippen LogP contribution in [0.15, 0.2) is 12.4 Å². The molecule has 0 amide bonds. The first-order valence-corrected chi connectivity index (χ1v) is 5.19. The molecule has 2 N–H and O–H groups in total. The Kier molecular flexibility index (Phi) is 5.07. The van der Waals surface area contributed by atoms with Crippen molar-refractivity contribution in [2.75, 3.05) is 18.9 Å². The molecule has 0 saturated heterocycles. The molecule has 0 bridgehead atoms. The molecule has 0 spiro atoms. The predicted molar refractivity (Wildman–Crippen MR) is 57.0 cm³/mol. The number of aryl methyl sites for hydroxylation is 1. The molecule has 80 valence electrons. The zero-order chi connectivity index (χ0) is 10.2. The highest BCUT2D eigenvalue weighted by atomic mass is 16.5. The molecule has 0 saturated carbocycles. The predicted octanol–water partition coefficient (Wildman–Crippen LogP) is 1.67. The van der Waals surface area contributed by atoms with Gasteiger partial charge in [-0.05, 0) is 12.8 Å². The lowest BCUT2D eigenvalue weighted by Crippen LogP contribution is -2.05. The Bertz CT molecular complexity index is 247. The molecule has 0 unspecified atom stereocenters. The second-order valence-corrected chi connectivity index (χ2v) is 3.30. The van der Waals surface area contributed by atoms with Crippen molar-refractivity contribution in [2.24, 2.45) is 0 Å². The van der Waals surface area contributed by atoms with E-state index < -0.39 is 0 Å². The maximum Gasteiger partial charge on any atom is 0.200 e. The number of imidazole rings is 1. The topological polar surface area (TPSA) is 53.1 Å². The second kappa shape index (κ2) is 6.43. The Balaban J connectivity index is 2.02. The van der Waals surface area contributed by atoms with E-state index in [0.717, 1.165) is 32.6 Å². The molecule has 1 rings (SSSR count). The highest BCUT2D eigenvalue weighted by molar-refractivity contribution is 5.16. The van der Waals surface area contributed by atoms with Gasteiger partial charge in [0.1, 0.15) is 0 Å². The van der Waals surface area contributed by atoms with Crippen LogP contribution >= 0.6 is 0 Å². The first kappa shape index (κ1) is 11.0. The fourth-order valence-electron chi connectivity index (χ4n) is 1.22. The van der Waals surface area contributed by atoms with E-state index in [1.165, 1.54) is 6.42 Å². The van der Waals surface area contributed by atoms with Crippen LogP contribution in [0, 0.1) is 0 Å². The Morgan fingerprint density at radius 1 is 1.43 bits per heavy atom. The first-order chi connectivity index (χ1) is 6.84. The summed E-state index contributed by atoms with van der Waals surface area (Å²) in [6, 6.07) is 0. The summed E-state index contributed by atoms with van der Waals surface area (Å²) in [7, 11) is 0. The normalized spacial score (nSPS) is 10.6. The summed E-state index contributed by atoms with van der Waals surface area (Å²) in [5.74, 6) is 0.582. The summed E-state index contributed by atoms with van der Waals surface area (Å²) in [5, 5.41) is 0. The average molecular weight is 197 g/mol. The van der Waals surface area contributed by atoms with Gasteiger partial charge in [-0.2, -0.15) is 0 Å². The van der Waals surface area contributed by atoms with E-state index in [1.807, 2.05) is 10.8 Å². The number of hydrogen-bond donors (Lipinski definition) is 1. The average Bonchev–Trinajstić information content (AvgIpc) is 2.58. The van der Waals surface area contributed by atoms with E-state index in [1.54, 1.807) is 6.20 Å². The molecule has 14 heavy (non-hydrogen) atoms. The largest absolute Gasteiger partial charge is 0.381 e. The van der Waals surface area contributed by atoms with Crippen LogP contribution < -0.4 is 5.73 Å². The van der Waals surface area contributed by atoms with Crippen molar-refractivity contribution in [3.8, 4) is 0 Å². The molecule has 0 fully saturated rings. The van der Waals surface area contributed by atoms with Crippen molar-refractivity contribution in [2.45, 2.75) is 32.7 Å². The highest BCUT2D eigenvalue weighted by Gasteiger charge is 1.96. The number of anilines is 1. The number of nitrogens with two attached hydrogens (primary N) is 1. The zero-order valence-corrected chi connectivity index (χ0v) is 8.78. The third kappa shape index (κ3) is 3.79. The van der Waals surface area contributed by atoms with Crippen molar-refractivity contribution >= 4 is 5.95 Å². The third-order valence-electron chi connectivity index (χ3n) is 2.08. The number of aromatic nitrogens is 2. The lowest BCUT2D eigenvalue weighted by molar-refractivity contribution is 0.126. The van der Waals surface area contributed by atoms with Gasteiger partial charge in [0, 0.05) is 32.2 Å². The molecule has 0 aliphatic rings. The summed E-state index contributed by atoms with van der Waals surface area (Å²) in [6.07, 6.45) is 6.93. The minimum Gasteiger partial charge on any atom is -0.381 e. The van der Waals surface area contributed by atoms with Gasteiger partial charge in [0.05, 0.1) is 0 Å². The molecule has 0 aliphatic carbocycles. The van der Waals surface area contributed by atoms with Gasteiger partial charge < -0.3 is 15.0 Å². The molecule has 1 aromatic heterocycles. The van der Waals surface area contributed by atoms with Crippen molar-refractivity contribution in [3.63, 3.8) is 0 Å². The number of hydrogen-bond acceptors (Lipinski definition) is 3. The lowest BCUT2D eigenvalue weighted by Gasteiger charge is -2.05. The van der Waals surface area contributed by atoms with Crippen LogP contribution in [0.5, 0.6) is 0 Å². The summed E-state index contributed by atoms with van der Waals surface area (Å²) in [4.78, 5) is 3.94. The summed E-state index contributed by atoms with van der Waals surface area (Å²) in [6.45, 7) is 4.72. The molecule has 4 nitrogen and oxygen atoms in total. The third-order valence-corrected chi connectivity index (χ3v) is 2.08. The van der Waals surface area contributed by atoms with Crippen molar-refractivity contribution in [1.29, 1.82) is 0 Å². The minimum atomic E-state index is 0.582. The molecule has 1 heterocycles.